The predicted molar refractivity (Wildman–Crippen MR) is 36.6 cm³/mol. The van der Waals surface area contributed by atoms with Gasteiger partial charge in [0.05, 0.1) is 23.3 Å². The van der Waals surface area contributed by atoms with Crippen molar-refractivity contribution in [2.24, 2.45) is 0 Å². The fourth-order valence-electron chi connectivity index (χ4n) is 0.869. The average molecular weight is 141 g/mol. The van der Waals surface area contributed by atoms with Crippen LogP contribution in [-0.4, -0.2) is 0 Å². The van der Waals surface area contributed by atoms with Crippen molar-refractivity contribution in [1.29, 1.82) is 15.8 Å². The van der Waals surface area contributed by atoms with E-state index >= 15 is 0 Å². The molecule has 1 aliphatic carbocycles. The molecule has 0 spiro atoms. The first-order valence-electron chi connectivity index (χ1n) is 2.96. The van der Waals surface area contributed by atoms with Crippen LogP contribution in [0.5, 0.6) is 0 Å². The van der Waals surface area contributed by atoms with Gasteiger partial charge in [0.1, 0.15) is 6.07 Å². The third-order valence-corrected chi connectivity index (χ3v) is 1.41. The Labute approximate surface area is 64.1 Å². The SMILES string of the molecule is N#CC1=CC(C#N)=C(C#N)C1. The lowest BCUT2D eigenvalue weighted by Gasteiger charge is -1.83. The molecule has 0 bridgehead atoms. The van der Waals surface area contributed by atoms with E-state index in [0.29, 0.717) is 23.1 Å². The standard InChI is InChI=1S/C8H3N3/c9-3-6-1-7(4-10)8(2-6)5-11/h1H,2H2. The van der Waals surface area contributed by atoms with Crippen molar-refractivity contribution in [3.8, 4) is 18.2 Å². The Balaban J connectivity index is 3.03. The van der Waals surface area contributed by atoms with Crippen LogP contribution in [0.25, 0.3) is 0 Å². The number of rotatable bonds is 0. The Hall–Kier alpha value is -2.05. The third-order valence-electron chi connectivity index (χ3n) is 1.41. The summed E-state index contributed by atoms with van der Waals surface area (Å²) in [5.41, 5.74) is 1.20. The lowest BCUT2D eigenvalue weighted by Crippen LogP contribution is -1.76. The summed E-state index contributed by atoms with van der Waals surface area (Å²) in [6, 6.07) is 5.65. The fraction of sp³-hybridized carbons (Fsp3) is 0.125. The number of allylic oxidation sites excluding steroid dienone is 4. The summed E-state index contributed by atoms with van der Waals surface area (Å²) in [6.07, 6.45) is 1.77. The van der Waals surface area contributed by atoms with Gasteiger partial charge in [0.15, 0.2) is 0 Å². The monoisotopic (exact) mass is 141 g/mol. The van der Waals surface area contributed by atoms with Crippen molar-refractivity contribution in [2.75, 3.05) is 0 Å². The molecule has 0 aliphatic heterocycles. The zero-order valence-corrected chi connectivity index (χ0v) is 5.63. The Morgan fingerprint density at radius 1 is 1.09 bits per heavy atom. The smallest absolute Gasteiger partial charge is 0.100 e. The molecule has 0 aromatic carbocycles. The van der Waals surface area contributed by atoms with Crippen molar-refractivity contribution in [1.82, 2.24) is 0 Å². The highest BCUT2D eigenvalue weighted by atomic mass is 14.3. The van der Waals surface area contributed by atoms with Crippen LogP contribution < -0.4 is 0 Å². The first-order chi connectivity index (χ1) is 5.31. The minimum Gasteiger partial charge on any atom is -0.193 e. The molecule has 0 radical (unpaired) electrons. The Morgan fingerprint density at radius 2 is 1.82 bits per heavy atom. The second-order valence-electron chi connectivity index (χ2n) is 2.07. The van der Waals surface area contributed by atoms with Crippen LogP contribution in [0.1, 0.15) is 6.42 Å². The zero-order valence-electron chi connectivity index (χ0n) is 5.63. The summed E-state index contributed by atoms with van der Waals surface area (Å²) in [4.78, 5) is 0. The maximum Gasteiger partial charge on any atom is 0.100 e. The van der Waals surface area contributed by atoms with Gasteiger partial charge >= 0.3 is 0 Å². The van der Waals surface area contributed by atoms with Gasteiger partial charge < -0.3 is 0 Å². The maximum atomic E-state index is 8.48. The number of hydrogen-bond acceptors (Lipinski definition) is 3. The number of nitrogens with zero attached hydrogens (tertiary/aromatic N) is 3. The molecule has 3 heteroatoms. The van der Waals surface area contributed by atoms with Crippen molar-refractivity contribution in [3.05, 3.63) is 22.8 Å². The highest BCUT2D eigenvalue weighted by Gasteiger charge is 2.14. The molecule has 0 N–H and O–H groups in total. The van der Waals surface area contributed by atoms with Gasteiger partial charge in [-0.25, -0.2) is 0 Å². The van der Waals surface area contributed by atoms with Crippen LogP contribution in [0, 0.1) is 34.0 Å². The molecule has 1 aliphatic rings. The molecular formula is C8H3N3. The van der Waals surface area contributed by atoms with Gasteiger partial charge in [0.2, 0.25) is 0 Å². The molecule has 0 heterocycles. The van der Waals surface area contributed by atoms with Crippen molar-refractivity contribution in [3.63, 3.8) is 0 Å². The summed E-state index contributed by atoms with van der Waals surface area (Å²) < 4.78 is 0. The summed E-state index contributed by atoms with van der Waals surface area (Å²) in [6.45, 7) is 0. The molecule has 0 aromatic heterocycles. The van der Waals surface area contributed by atoms with Crippen LogP contribution in [0.4, 0.5) is 0 Å². The highest BCUT2D eigenvalue weighted by Crippen LogP contribution is 2.23. The lowest BCUT2D eigenvalue weighted by molar-refractivity contribution is 1.24. The maximum absolute atomic E-state index is 8.48. The Bertz CT molecular complexity index is 366. The van der Waals surface area contributed by atoms with E-state index in [1.165, 1.54) is 6.08 Å². The Morgan fingerprint density at radius 3 is 2.18 bits per heavy atom. The van der Waals surface area contributed by atoms with E-state index in [9.17, 15) is 0 Å². The topological polar surface area (TPSA) is 71.4 Å². The summed E-state index contributed by atoms with van der Waals surface area (Å²) in [7, 11) is 0. The second-order valence-corrected chi connectivity index (χ2v) is 2.07. The van der Waals surface area contributed by atoms with E-state index in [-0.39, 0.29) is 0 Å². The quantitative estimate of drug-likeness (QED) is 0.508. The van der Waals surface area contributed by atoms with E-state index in [2.05, 4.69) is 0 Å². The van der Waals surface area contributed by atoms with Gasteiger partial charge in [-0.3, -0.25) is 0 Å². The van der Waals surface area contributed by atoms with Gasteiger partial charge in [-0.05, 0) is 6.08 Å². The minimum absolute atomic E-state index is 0.315. The third kappa shape index (κ3) is 1.11. The molecule has 3 nitrogen and oxygen atoms in total. The van der Waals surface area contributed by atoms with Crippen LogP contribution in [0.15, 0.2) is 22.8 Å². The zero-order chi connectivity index (χ0) is 8.27. The van der Waals surface area contributed by atoms with Gasteiger partial charge in [-0.1, -0.05) is 0 Å². The van der Waals surface area contributed by atoms with Gasteiger partial charge in [-0.2, -0.15) is 15.8 Å². The molecule has 50 valence electrons. The normalized spacial score (nSPS) is 14.8. The van der Waals surface area contributed by atoms with Gasteiger partial charge in [-0.15, -0.1) is 0 Å². The van der Waals surface area contributed by atoms with E-state index in [4.69, 9.17) is 15.8 Å². The fourth-order valence-corrected chi connectivity index (χ4v) is 0.869. The predicted octanol–water partition coefficient (Wildman–Crippen LogP) is 1.18. The first-order valence-corrected chi connectivity index (χ1v) is 2.96. The minimum atomic E-state index is 0.315. The molecule has 11 heavy (non-hydrogen) atoms. The Kier molecular flexibility index (Phi) is 1.73. The molecule has 0 fully saturated rings. The number of nitriles is 3. The highest BCUT2D eigenvalue weighted by molar-refractivity contribution is 5.55. The van der Waals surface area contributed by atoms with Crippen molar-refractivity contribution in [2.45, 2.75) is 6.42 Å². The van der Waals surface area contributed by atoms with Gasteiger partial charge in [0, 0.05) is 12.0 Å². The summed E-state index contributed by atoms with van der Waals surface area (Å²) in [5, 5.41) is 25.4. The molecule has 0 amide bonds. The molecule has 1 rings (SSSR count). The van der Waals surface area contributed by atoms with Crippen molar-refractivity contribution >= 4 is 0 Å². The molecule has 0 atom stereocenters. The summed E-state index contributed by atoms with van der Waals surface area (Å²) in [5.74, 6) is 0. The van der Waals surface area contributed by atoms with E-state index < -0.39 is 0 Å². The largest absolute Gasteiger partial charge is 0.193 e. The average Bonchev–Trinajstić information content (AvgIpc) is 2.46. The lowest BCUT2D eigenvalue weighted by atomic mass is 10.1. The van der Waals surface area contributed by atoms with Crippen LogP contribution >= 0.6 is 0 Å². The van der Waals surface area contributed by atoms with Gasteiger partial charge in [0.25, 0.3) is 0 Å². The van der Waals surface area contributed by atoms with Crippen LogP contribution in [-0.2, 0) is 0 Å². The molecule has 0 saturated heterocycles. The van der Waals surface area contributed by atoms with E-state index in [1.807, 2.05) is 18.2 Å². The number of hydrogen-bond donors (Lipinski definition) is 0. The van der Waals surface area contributed by atoms with E-state index in [1.54, 1.807) is 0 Å². The van der Waals surface area contributed by atoms with E-state index in [0.717, 1.165) is 0 Å². The second kappa shape index (κ2) is 2.69. The first kappa shape index (κ1) is 7.06. The molecular weight excluding hydrogens is 138 g/mol. The van der Waals surface area contributed by atoms with Crippen molar-refractivity contribution < 1.29 is 0 Å². The molecule has 0 unspecified atom stereocenters. The van der Waals surface area contributed by atoms with Crippen LogP contribution in [0.3, 0.4) is 0 Å². The summed E-state index contributed by atoms with van der Waals surface area (Å²) >= 11 is 0. The molecule has 0 saturated carbocycles. The molecule has 0 aromatic rings. The van der Waals surface area contributed by atoms with Crippen LogP contribution in [0.2, 0.25) is 0 Å².